The summed E-state index contributed by atoms with van der Waals surface area (Å²) < 4.78 is 0. The van der Waals surface area contributed by atoms with Crippen LogP contribution in [-0.4, -0.2) is 12.5 Å². The summed E-state index contributed by atoms with van der Waals surface area (Å²) in [5.74, 6) is -0.0372. The molecule has 1 heterocycles. The minimum Gasteiger partial charge on any atom is -0.346 e. The third-order valence-electron chi connectivity index (χ3n) is 2.91. The third kappa shape index (κ3) is 3.33. The fourth-order valence-corrected chi connectivity index (χ4v) is 3.28. The number of carbonyl (C=O) groups excluding carboxylic acids is 1. The van der Waals surface area contributed by atoms with Crippen molar-refractivity contribution < 1.29 is 4.79 Å². The third-order valence-corrected chi connectivity index (χ3v) is 4.28. The van der Waals surface area contributed by atoms with E-state index in [4.69, 9.17) is 11.6 Å². The van der Waals surface area contributed by atoms with Crippen molar-refractivity contribution in [3.8, 4) is 0 Å². The number of nitrogens with one attached hydrogen (secondary N) is 1. The summed E-state index contributed by atoms with van der Waals surface area (Å²) >= 11 is 7.25. The molecule has 0 spiro atoms. The molecular formula is C13H16ClNOS. The molecule has 1 aliphatic rings. The molecule has 0 aliphatic heterocycles. The van der Waals surface area contributed by atoms with Crippen molar-refractivity contribution in [1.29, 1.82) is 0 Å². The maximum Gasteiger partial charge on any atom is 0.261 e. The normalized spacial score (nSPS) is 14.9. The van der Waals surface area contributed by atoms with Crippen molar-refractivity contribution >= 4 is 28.8 Å². The van der Waals surface area contributed by atoms with Crippen LogP contribution < -0.4 is 5.32 Å². The molecule has 1 aromatic heterocycles. The predicted octanol–water partition coefficient (Wildman–Crippen LogP) is 3.50. The Hall–Kier alpha value is -0.800. The summed E-state index contributed by atoms with van der Waals surface area (Å²) in [4.78, 5) is 14.0. The van der Waals surface area contributed by atoms with Gasteiger partial charge in [0.15, 0.2) is 0 Å². The zero-order valence-corrected chi connectivity index (χ0v) is 11.3. The molecule has 0 atom stereocenters. The molecule has 0 fully saturated rings. The fourth-order valence-electron chi connectivity index (χ4n) is 2.04. The van der Waals surface area contributed by atoms with Crippen molar-refractivity contribution in [3.63, 3.8) is 0 Å². The molecule has 92 valence electrons. The molecule has 2 nitrogen and oxygen atoms in total. The zero-order valence-electron chi connectivity index (χ0n) is 9.72. The van der Waals surface area contributed by atoms with Crippen LogP contribution in [0.5, 0.6) is 0 Å². The van der Waals surface area contributed by atoms with Gasteiger partial charge in [-0.3, -0.25) is 4.79 Å². The number of thiophene rings is 1. The van der Waals surface area contributed by atoms with Crippen LogP contribution in [0.2, 0.25) is 0 Å². The Labute approximate surface area is 111 Å². The minimum absolute atomic E-state index is 0.0372. The minimum atomic E-state index is -0.0372. The van der Waals surface area contributed by atoms with Crippen LogP contribution >= 0.6 is 22.9 Å². The van der Waals surface area contributed by atoms with Gasteiger partial charge in [0.2, 0.25) is 0 Å². The number of carbonyl (C=O) groups is 1. The van der Waals surface area contributed by atoms with Gasteiger partial charge in [-0.1, -0.05) is 24.6 Å². The molecule has 0 aromatic carbocycles. The van der Waals surface area contributed by atoms with E-state index in [-0.39, 0.29) is 5.91 Å². The van der Waals surface area contributed by atoms with Crippen LogP contribution in [0.15, 0.2) is 17.7 Å². The quantitative estimate of drug-likeness (QED) is 0.836. The molecule has 1 N–H and O–H groups in total. The Kier molecular flexibility index (Phi) is 4.24. The largest absolute Gasteiger partial charge is 0.346 e. The van der Waals surface area contributed by atoms with Gasteiger partial charge in [-0.2, -0.15) is 0 Å². The highest BCUT2D eigenvalue weighted by atomic mass is 35.5. The Morgan fingerprint density at radius 1 is 1.41 bits per heavy atom. The van der Waals surface area contributed by atoms with Gasteiger partial charge in [-0.25, -0.2) is 0 Å². The lowest BCUT2D eigenvalue weighted by atomic mass is 10.1. The smallest absolute Gasteiger partial charge is 0.261 e. The van der Waals surface area contributed by atoms with E-state index in [0.717, 1.165) is 17.7 Å². The van der Waals surface area contributed by atoms with Gasteiger partial charge in [0.25, 0.3) is 5.91 Å². The van der Waals surface area contributed by atoms with Gasteiger partial charge in [-0.15, -0.1) is 11.3 Å². The van der Waals surface area contributed by atoms with Gasteiger partial charge >= 0.3 is 0 Å². The first-order valence-corrected chi connectivity index (χ1v) is 7.09. The number of fused-ring (bicyclic) bond motifs is 1. The highest BCUT2D eigenvalue weighted by Crippen LogP contribution is 2.28. The lowest BCUT2D eigenvalue weighted by Crippen LogP contribution is -2.23. The topological polar surface area (TPSA) is 29.1 Å². The van der Waals surface area contributed by atoms with E-state index in [1.54, 1.807) is 11.3 Å². The van der Waals surface area contributed by atoms with E-state index in [2.05, 4.69) is 11.9 Å². The highest BCUT2D eigenvalue weighted by molar-refractivity contribution is 7.14. The number of aryl methyl sites for hydroxylation is 2. The molecule has 0 radical (unpaired) electrons. The molecule has 17 heavy (non-hydrogen) atoms. The average molecular weight is 270 g/mol. The predicted molar refractivity (Wildman–Crippen MR) is 72.9 cm³/mol. The van der Waals surface area contributed by atoms with Crippen molar-refractivity contribution in [3.05, 3.63) is 33.0 Å². The zero-order chi connectivity index (χ0) is 12.3. The Morgan fingerprint density at radius 2 is 2.18 bits per heavy atom. The molecule has 0 saturated heterocycles. The standard InChI is InChI=1S/C13H16ClNOS/c1-9(14)8-15-13(16)12-7-10-5-3-2-4-6-11(10)17-12/h7H,1-6,8H2,(H,15,16). The first-order valence-electron chi connectivity index (χ1n) is 5.90. The second kappa shape index (κ2) is 5.69. The van der Waals surface area contributed by atoms with Crippen LogP contribution in [0.4, 0.5) is 0 Å². The Balaban J connectivity index is 2.06. The van der Waals surface area contributed by atoms with Crippen LogP contribution in [0.3, 0.4) is 0 Å². The van der Waals surface area contributed by atoms with E-state index in [1.807, 2.05) is 6.07 Å². The molecule has 0 saturated carbocycles. The van der Waals surface area contributed by atoms with E-state index >= 15 is 0 Å². The number of hydrogen-bond acceptors (Lipinski definition) is 2. The van der Waals surface area contributed by atoms with Crippen molar-refractivity contribution in [1.82, 2.24) is 5.32 Å². The van der Waals surface area contributed by atoms with E-state index in [9.17, 15) is 4.79 Å². The van der Waals surface area contributed by atoms with Gasteiger partial charge in [0, 0.05) is 9.91 Å². The lowest BCUT2D eigenvalue weighted by Gasteiger charge is -2.00. The van der Waals surface area contributed by atoms with Crippen molar-refractivity contribution in [2.45, 2.75) is 32.1 Å². The molecule has 0 unspecified atom stereocenters. The van der Waals surface area contributed by atoms with Crippen LogP contribution in [0, 0.1) is 0 Å². The number of amides is 1. The average Bonchev–Trinajstić information content (AvgIpc) is 2.58. The summed E-state index contributed by atoms with van der Waals surface area (Å²) in [5.41, 5.74) is 1.36. The van der Waals surface area contributed by atoms with Gasteiger partial charge in [0.1, 0.15) is 0 Å². The molecule has 4 heteroatoms. The van der Waals surface area contributed by atoms with Gasteiger partial charge in [-0.05, 0) is 37.3 Å². The van der Waals surface area contributed by atoms with Gasteiger partial charge in [0.05, 0.1) is 11.4 Å². The maximum atomic E-state index is 11.9. The first-order chi connectivity index (χ1) is 8.16. The summed E-state index contributed by atoms with van der Waals surface area (Å²) in [6.45, 7) is 3.89. The summed E-state index contributed by atoms with van der Waals surface area (Å²) in [5, 5.41) is 3.22. The van der Waals surface area contributed by atoms with Crippen LogP contribution in [0.1, 0.15) is 39.4 Å². The Morgan fingerprint density at radius 3 is 2.94 bits per heavy atom. The second-order valence-electron chi connectivity index (χ2n) is 4.32. The molecular weight excluding hydrogens is 254 g/mol. The number of rotatable bonds is 3. The lowest BCUT2D eigenvalue weighted by molar-refractivity contribution is 0.0961. The molecule has 1 aliphatic carbocycles. The Bertz CT molecular complexity index is 415. The van der Waals surface area contributed by atoms with Gasteiger partial charge < -0.3 is 5.32 Å². The molecule has 1 aromatic rings. The second-order valence-corrected chi connectivity index (χ2v) is 5.99. The van der Waals surface area contributed by atoms with Crippen molar-refractivity contribution in [2.24, 2.45) is 0 Å². The summed E-state index contributed by atoms with van der Waals surface area (Å²) in [7, 11) is 0. The SMILES string of the molecule is C=C(Cl)CNC(=O)c1cc2c(s1)CCCCC2. The number of halogens is 1. The first kappa shape index (κ1) is 12.7. The molecule has 0 bridgehead atoms. The highest BCUT2D eigenvalue weighted by Gasteiger charge is 2.16. The molecule has 1 amide bonds. The maximum absolute atomic E-state index is 11.9. The molecule has 2 rings (SSSR count). The van der Waals surface area contributed by atoms with E-state index in [0.29, 0.717) is 11.6 Å². The van der Waals surface area contributed by atoms with E-state index in [1.165, 1.54) is 29.7 Å². The summed E-state index contributed by atoms with van der Waals surface area (Å²) in [6.07, 6.45) is 6.02. The van der Waals surface area contributed by atoms with Crippen LogP contribution in [0.25, 0.3) is 0 Å². The fraction of sp³-hybridized carbons (Fsp3) is 0.462. The van der Waals surface area contributed by atoms with Crippen molar-refractivity contribution in [2.75, 3.05) is 6.54 Å². The monoisotopic (exact) mass is 269 g/mol. The van der Waals surface area contributed by atoms with E-state index < -0.39 is 0 Å². The van der Waals surface area contributed by atoms with Crippen LogP contribution in [-0.2, 0) is 12.8 Å². The number of hydrogen-bond donors (Lipinski definition) is 1. The summed E-state index contributed by atoms with van der Waals surface area (Å²) in [6, 6.07) is 2.04.